The summed E-state index contributed by atoms with van der Waals surface area (Å²) in [5.41, 5.74) is 8.68. The largest absolute Gasteiger partial charge is 0.494 e. The summed E-state index contributed by atoms with van der Waals surface area (Å²) in [6.45, 7) is 5.13. The lowest BCUT2D eigenvalue weighted by Gasteiger charge is -2.04. The van der Waals surface area contributed by atoms with E-state index < -0.39 is 0 Å². The van der Waals surface area contributed by atoms with Crippen molar-refractivity contribution in [3.63, 3.8) is 0 Å². The number of aromatic nitrogens is 2. The highest BCUT2D eigenvalue weighted by Gasteiger charge is 2.04. The molecule has 90 valence electrons. The minimum absolute atomic E-state index is 0.517. The molecule has 0 saturated carbocycles. The van der Waals surface area contributed by atoms with Gasteiger partial charge in [0.25, 0.3) is 0 Å². The van der Waals surface area contributed by atoms with Gasteiger partial charge in [-0.2, -0.15) is 5.10 Å². The molecular weight excluding hydrogens is 214 g/mol. The average Bonchev–Trinajstić information content (AvgIpc) is 2.72. The average molecular weight is 231 g/mol. The standard InChI is InChI=1S/C13H17N3O/c1-3-17-13-6-4-12(5-7-13)16-9-11(8-14)10(2)15-16/h4-7,9H,3,8,14H2,1-2H3. The molecule has 0 saturated heterocycles. The molecule has 0 aliphatic rings. The molecule has 2 aromatic rings. The molecule has 17 heavy (non-hydrogen) atoms. The van der Waals surface area contributed by atoms with Crippen LogP contribution >= 0.6 is 0 Å². The summed E-state index contributed by atoms with van der Waals surface area (Å²) in [5, 5.41) is 4.42. The number of benzene rings is 1. The molecule has 1 heterocycles. The number of ether oxygens (including phenoxy) is 1. The minimum atomic E-state index is 0.517. The van der Waals surface area contributed by atoms with Gasteiger partial charge in [0.1, 0.15) is 5.75 Å². The van der Waals surface area contributed by atoms with E-state index in [2.05, 4.69) is 5.10 Å². The third-order valence-corrected chi connectivity index (χ3v) is 2.63. The lowest BCUT2D eigenvalue weighted by atomic mass is 10.3. The van der Waals surface area contributed by atoms with Gasteiger partial charge in [-0.15, -0.1) is 0 Å². The van der Waals surface area contributed by atoms with Gasteiger partial charge in [-0.05, 0) is 38.1 Å². The highest BCUT2D eigenvalue weighted by atomic mass is 16.5. The van der Waals surface area contributed by atoms with Gasteiger partial charge >= 0.3 is 0 Å². The van der Waals surface area contributed by atoms with E-state index in [-0.39, 0.29) is 0 Å². The van der Waals surface area contributed by atoms with E-state index in [1.165, 1.54) is 0 Å². The number of rotatable bonds is 4. The Balaban J connectivity index is 2.26. The van der Waals surface area contributed by atoms with E-state index in [0.717, 1.165) is 22.7 Å². The monoisotopic (exact) mass is 231 g/mol. The van der Waals surface area contributed by atoms with Gasteiger partial charge in [-0.25, -0.2) is 4.68 Å². The zero-order chi connectivity index (χ0) is 12.3. The van der Waals surface area contributed by atoms with Crippen molar-refractivity contribution >= 4 is 0 Å². The van der Waals surface area contributed by atoms with Crippen LogP contribution in [0.25, 0.3) is 5.69 Å². The summed E-state index contributed by atoms with van der Waals surface area (Å²) >= 11 is 0. The van der Waals surface area contributed by atoms with Gasteiger partial charge in [0.2, 0.25) is 0 Å². The summed E-state index contributed by atoms with van der Waals surface area (Å²) < 4.78 is 7.24. The van der Waals surface area contributed by atoms with Gasteiger partial charge in [0.15, 0.2) is 0 Å². The van der Waals surface area contributed by atoms with Crippen molar-refractivity contribution in [2.75, 3.05) is 6.61 Å². The molecule has 0 amide bonds. The second kappa shape index (κ2) is 5.01. The summed E-state index contributed by atoms with van der Waals surface area (Å²) in [7, 11) is 0. The Morgan fingerprint density at radius 3 is 2.53 bits per heavy atom. The number of nitrogens with two attached hydrogens (primary N) is 1. The molecule has 1 aromatic carbocycles. The van der Waals surface area contributed by atoms with Crippen LogP contribution in [-0.4, -0.2) is 16.4 Å². The van der Waals surface area contributed by atoms with Crippen molar-refractivity contribution in [3.8, 4) is 11.4 Å². The third-order valence-electron chi connectivity index (χ3n) is 2.63. The normalized spacial score (nSPS) is 10.5. The van der Waals surface area contributed by atoms with Crippen molar-refractivity contribution in [2.24, 2.45) is 5.73 Å². The second-order valence-corrected chi connectivity index (χ2v) is 3.82. The first-order valence-corrected chi connectivity index (χ1v) is 5.73. The third kappa shape index (κ3) is 2.47. The van der Waals surface area contributed by atoms with Crippen LogP contribution in [-0.2, 0) is 6.54 Å². The number of hydrogen-bond donors (Lipinski definition) is 1. The van der Waals surface area contributed by atoms with Crippen LogP contribution in [0.3, 0.4) is 0 Å². The minimum Gasteiger partial charge on any atom is -0.494 e. The van der Waals surface area contributed by atoms with Crippen molar-refractivity contribution in [3.05, 3.63) is 41.7 Å². The predicted molar refractivity (Wildman–Crippen MR) is 67.4 cm³/mol. The highest BCUT2D eigenvalue weighted by Crippen LogP contribution is 2.16. The van der Waals surface area contributed by atoms with Crippen LogP contribution in [0.5, 0.6) is 5.75 Å². The fourth-order valence-corrected chi connectivity index (χ4v) is 1.69. The van der Waals surface area contributed by atoms with E-state index in [4.69, 9.17) is 10.5 Å². The van der Waals surface area contributed by atoms with Crippen LogP contribution in [0.4, 0.5) is 0 Å². The van der Waals surface area contributed by atoms with Gasteiger partial charge in [0, 0.05) is 18.3 Å². The van der Waals surface area contributed by atoms with Gasteiger partial charge in [0.05, 0.1) is 18.0 Å². The summed E-state index contributed by atoms with van der Waals surface area (Å²) in [4.78, 5) is 0. The molecule has 0 unspecified atom stereocenters. The highest BCUT2D eigenvalue weighted by molar-refractivity contribution is 5.37. The zero-order valence-electron chi connectivity index (χ0n) is 10.2. The Labute approximate surface area is 101 Å². The fourth-order valence-electron chi connectivity index (χ4n) is 1.69. The first-order chi connectivity index (χ1) is 8.24. The summed E-state index contributed by atoms with van der Waals surface area (Å²) in [6, 6.07) is 7.85. The smallest absolute Gasteiger partial charge is 0.119 e. The molecule has 1 aromatic heterocycles. The first kappa shape index (κ1) is 11.7. The zero-order valence-corrected chi connectivity index (χ0v) is 10.2. The van der Waals surface area contributed by atoms with Crippen LogP contribution in [0, 0.1) is 6.92 Å². The Morgan fingerprint density at radius 1 is 1.29 bits per heavy atom. The molecule has 0 spiro atoms. The topological polar surface area (TPSA) is 53.1 Å². The second-order valence-electron chi connectivity index (χ2n) is 3.82. The first-order valence-electron chi connectivity index (χ1n) is 5.73. The van der Waals surface area contributed by atoms with Crippen LogP contribution in [0.1, 0.15) is 18.2 Å². The molecule has 0 aliphatic carbocycles. The van der Waals surface area contributed by atoms with Gasteiger partial charge in [-0.3, -0.25) is 0 Å². The van der Waals surface area contributed by atoms with Crippen LogP contribution < -0.4 is 10.5 Å². The van der Waals surface area contributed by atoms with Crippen LogP contribution in [0.15, 0.2) is 30.5 Å². The summed E-state index contributed by atoms with van der Waals surface area (Å²) in [6.07, 6.45) is 1.96. The Bertz CT molecular complexity index is 488. The number of aryl methyl sites for hydroxylation is 1. The molecule has 0 fully saturated rings. The van der Waals surface area contributed by atoms with E-state index >= 15 is 0 Å². The van der Waals surface area contributed by atoms with Crippen molar-refractivity contribution in [2.45, 2.75) is 20.4 Å². The van der Waals surface area contributed by atoms with E-state index in [1.807, 2.05) is 49.0 Å². The number of nitrogens with zero attached hydrogens (tertiary/aromatic N) is 2. The summed E-state index contributed by atoms with van der Waals surface area (Å²) in [5.74, 6) is 0.874. The van der Waals surface area contributed by atoms with E-state index in [0.29, 0.717) is 13.2 Å². The van der Waals surface area contributed by atoms with Gasteiger partial charge in [-0.1, -0.05) is 0 Å². The van der Waals surface area contributed by atoms with Crippen molar-refractivity contribution < 1.29 is 4.74 Å². The molecule has 0 radical (unpaired) electrons. The van der Waals surface area contributed by atoms with Crippen LogP contribution in [0.2, 0.25) is 0 Å². The van der Waals surface area contributed by atoms with Crippen molar-refractivity contribution in [1.29, 1.82) is 0 Å². The van der Waals surface area contributed by atoms with Crippen molar-refractivity contribution in [1.82, 2.24) is 9.78 Å². The molecular formula is C13H17N3O. The molecule has 0 aliphatic heterocycles. The Morgan fingerprint density at radius 2 is 2.00 bits per heavy atom. The Hall–Kier alpha value is -1.81. The van der Waals surface area contributed by atoms with Gasteiger partial charge < -0.3 is 10.5 Å². The van der Waals surface area contributed by atoms with E-state index in [1.54, 1.807) is 0 Å². The molecule has 0 bridgehead atoms. The van der Waals surface area contributed by atoms with E-state index in [9.17, 15) is 0 Å². The SMILES string of the molecule is CCOc1ccc(-n2cc(CN)c(C)n2)cc1. The maximum atomic E-state index is 5.63. The number of hydrogen-bond acceptors (Lipinski definition) is 3. The Kier molecular flexibility index (Phi) is 3.44. The molecule has 2 N–H and O–H groups in total. The fraction of sp³-hybridized carbons (Fsp3) is 0.308. The quantitative estimate of drug-likeness (QED) is 0.876. The molecule has 4 heteroatoms. The molecule has 4 nitrogen and oxygen atoms in total. The predicted octanol–water partition coefficient (Wildman–Crippen LogP) is 2.04. The molecule has 0 atom stereocenters. The lowest BCUT2D eigenvalue weighted by molar-refractivity contribution is 0.340. The molecule has 2 rings (SSSR count). The maximum absolute atomic E-state index is 5.63. The lowest BCUT2D eigenvalue weighted by Crippen LogP contribution is -1.96. The maximum Gasteiger partial charge on any atom is 0.119 e.